The topological polar surface area (TPSA) is 49.4 Å². The molecular formula is C16H15ClN2O2S. The minimum Gasteiger partial charge on any atom is -0.339 e. The second-order valence-corrected chi connectivity index (χ2v) is 6.85. The molecule has 114 valence electrons. The molecule has 6 heteroatoms. The minimum absolute atomic E-state index is 0.0559. The molecule has 2 aromatic rings. The minimum atomic E-state index is -0.199. The Bertz CT molecular complexity index is 690. The molecule has 0 unspecified atom stereocenters. The van der Waals surface area contributed by atoms with Gasteiger partial charge in [-0.05, 0) is 49.2 Å². The third-order valence-corrected chi connectivity index (χ3v) is 4.81. The molecule has 1 N–H and O–H groups in total. The molecule has 4 nitrogen and oxygen atoms in total. The van der Waals surface area contributed by atoms with Crippen molar-refractivity contribution in [3.05, 3.63) is 51.2 Å². The first kappa shape index (κ1) is 15.1. The number of benzene rings is 1. The number of rotatable bonds is 3. The third kappa shape index (κ3) is 3.31. The van der Waals surface area contributed by atoms with Gasteiger partial charge in [-0.2, -0.15) is 0 Å². The van der Waals surface area contributed by atoms with E-state index in [-0.39, 0.29) is 11.8 Å². The van der Waals surface area contributed by atoms with Crippen LogP contribution in [0.4, 0.5) is 5.69 Å². The van der Waals surface area contributed by atoms with Crippen LogP contribution in [0.2, 0.25) is 4.34 Å². The molecule has 0 aliphatic carbocycles. The molecule has 0 saturated carbocycles. The summed E-state index contributed by atoms with van der Waals surface area (Å²) in [5, 5.41) is 2.80. The summed E-state index contributed by atoms with van der Waals surface area (Å²) >= 11 is 7.05. The molecule has 0 spiro atoms. The van der Waals surface area contributed by atoms with Crippen LogP contribution in [-0.4, -0.2) is 29.8 Å². The van der Waals surface area contributed by atoms with Gasteiger partial charge in [0.15, 0.2) is 0 Å². The van der Waals surface area contributed by atoms with Crippen molar-refractivity contribution in [1.82, 2.24) is 4.90 Å². The molecule has 1 aliphatic rings. The van der Waals surface area contributed by atoms with Crippen molar-refractivity contribution in [3.63, 3.8) is 0 Å². The van der Waals surface area contributed by atoms with Gasteiger partial charge in [0.2, 0.25) is 0 Å². The van der Waals surface area contributed by atoms with E-state index in [9.17, 15) is 9.59 Å². The van der Waals surface area contributed by atoms with Gasteiger partial charge >= 0.3 is 0 Å². The van der Waals surface area contributed by atoms with Gasteiger partial charge in [0.1, 0.15) is 0 Å². The standard InChI is InChI=1S/C16H15ClN2O2S/c17-14-8-7-13(22-14)15(20)18-12-5-3-11(4-6-12)16(21)19-9-1-2-10-19/h3-8H,1-2,9-10H2,(H,18,20). The van der Waals surface area contributed by atoms with Crippen LogP contribution in [0.5, 0.6) is 0 Å². The molecule has 2 heterocycles. The Hall–Kier alpha value is -1.85. The van der Waals surface area contributed by atoms with Crippen LogP contribution in [0.15, 0.2) is 36.4 Å². The van der Waals surface area contributed by atoms with E-state index < -0.39 is 0 Å². The maximum atomic E-state index is 12.2. The molecule has 22 heavy (non-hydrogen) atoms. The van der Waals surface area contributed by atoms with E-state index in [0.717, 1.165) is 25.9 Å². The number of anilines is 1. The highest BCUT2D eigenvalue weighted by Gasteiger charge is 2.19. The van der Waals surface area contributed by atoms with E-state index in [1.807, 2.05) is 4.90 Å². The summed E-state index contributed by atoms with van der Waals surface area (Å²) in [6.07, 6.45) is 2.15. The number of halogens is 1. The van der Waals surface area contributed by atoms with Crippen LogP contribution in [0.1, 0.15) is 32.9 Å². The fourth-order valence-electron chi connectivity index (χ4n) is 2.43. The molecule has 1 aromatic heterocycles. The zero-order chi connectivity index (χ0) is 15.5. The van der Waals surface area contributed by atoms with Gasteiger partial charge < -0.3 is 10.2 Å². The fourth-order valence-corrected chi connectivity index (χ4v) is 3.37. The lowest BCUT2D eigenvalue weighted by atomic mass is 10.2. The molecule has 2 amide bonds. The normalized spacial score (nSPS) is 14.1. The van der Waals surface area contributed by atoms with Crippen molar-refractivity contribution in [1.29, 1.82) is 0 Å². The van der Waals surface area contributed by atoms with Gasteiger partial charge in [-0.3, -0.25) is 9.59 Å². The highest BCUT2D eigenvalue weighted by molar-refractivity contribution is 7.18. The fraction of sp³-hybridized carbons (Fsp3) is 0.250. The van der Waals surface area contributed by atoms with E-state index in [2.05, 4.69) is 5.32 Å². The monoisotopic (exact) mass is 334 g/mol. The van der Waals surface area contributed by atoms with Crippen molar-refractivity contribution in [2.24, 2.45) is 0 Å². The molecule has 0 radical (unpaired) electrons. The molecule has 0 atom stereocenters. The van der Waals surface area contributed by atoms with E-state index in [0.29, 0.717) is 20.5 Å². The zero-order valence-corrected chi connectivity index (χ0v) is 13.4. The molecule has 3 rings (SSSR count). The van der Waals surface area contributed by atoms with E-state index in [4.69, 9.17) is 11.6 Å². The lowest BCUT2D eigenvalue weighted by molar-refractivity contribution is 0.0792. The number of nitrogens with zero attached hydrogens (tertiary/aromatic N) is 1. The lowest BCUT2D eigenvalue weighted by Crippen LogP contribution is -2.27. The Morgan fingerprint density at radius 1 is 1.05 bits per heavy atom. The lowest BCUT2D eigenvalue weighted by Gasteiger charge is -2.15. The summed E-state index contributed by atoms with van der Waals surface area (Å²) in [5.41, 5.74) is 1.31. The highest BCUT2D eigenvalue weighted by Crippen LogP contribution is 2.22. The third-order valence-electron chi connectivity index (χ3n) is 3.58. The molecule has 1 saturated heterocycles. The van der Waals surface area contributed by atoms with Crippen molar-refractivity contribution in [2.45, 2.75) is 12.8 Å². The summed E-state index contributed by atoms with van der Waals surface area (Å²) in [7, 11) is 0. The highest BCUT2D eigenvalue weighted by atomic mass is 35.5. The average molecular weight is 335 g/mol. The summed E-state index contributed by atoms with van der Waals surface area (Å²) < 4.78 is 0.580. The first-order valence-electron chi connectivity index (χ1n) is 7.09. The predicted octanol–water partition coefficient (Wildman–Crippen LogP) is 3.89. The number of hydrogen-bond acceptors (Lipinski definition) is 3. The number of likely N-dealkylation sites (tertiary alicyclic amines) is 1. The quantitative estimate of drug-likeness (QED) is 0.925. The van der Waals surface area contributed by atoms with Crippen LogP contribution < -0.4 is 5.32 Å². The SMILES string of the molecule is O=C(Nc1ccc(C(=O)N2CCCC2)cc1)c1ccc(Cl)s1. The van der Waals surface area contributed by atoms with Gasteiger partial charge in [-0.15, -0.1) is 11.3 Å². The average Bonchev–Trinajstić information content (AvgIpc) is 3.18. The Kier molecular flexibility index (Phi) is 4.45. The maximum Gasteiger partial charge on any atom is 0.265 e. The number of amides is 2. The summed E-state index contributed by atoms with van der Waals surface area (Å²) in [6.45, 7) is 1.66. The first-order chi connectivity index (χ1) is 10.6. The van der Waals surface area contributed by atoms with E-state index in [1.54, 1.807) is 36.4 Å². The van der Waals surface area contributed by atoms with Gasteiger partial charge in [0.25, 0.3) is 11.8 Å². The Labute approximate surface area is 137 Å². The molecule has 1 aromatic carbocycles. The van der Waals surface area contributed by atoms with Crippen molar-refractivity contribution < 1.29 is 9.59 Å². The Morgan fingerprint density at radius 2 is 1.73 bits per heavy atom. The van der Waals surface area contributed by atoms with Crippen LogP contribution in [0.3, 0.4) is 0 Å². The van der Waals surface area contributed by atoms with Crippen LogP contribution in [-0.2, 0) is 0 Å². The van der Waals surface area contributed by atoms with Gasteiger partial charge in [0.05, 0.1) is 9.21 Å². The molecule has 0 bridgehead atoms. The zero-order valence-electron chi connectivity index (χ0n) is 11.8. The molecule has 1 fully saturated rings. The number of nitrogens with one attached hydrogen (secondary N) is 1. The summed E-state index contributed by atoms with van der Waals surface area (Å²) in [5.74, 6) is -0.143. The second-order valence-electron chi connectivity index (χ2n) is 5.13. The number of carbonyl (C=O) groups is 2. The van der Waals surface area contributed by atoms with Gasteiger partial charge in [-0.25, -0.2) is 0 Å². The van der Waals surface area contributed by atoms with Crippen molar-refractivity contribution in [3.8, 4) is 0 Å². The van der Waals surface area contributed by atoms with Crippen LogP contribution in [0, 0.1) is 0 Å². The van der Waals surface area contributed by atoms with Crippen molar-refractivity contribution in [2.75, 3.05) is 18.4 Å². The van der Waals surface area contributed by atoms with E-state index >= 15 is 0 Å². The smallest absolute Gasteiger partial charge is 0.265 e. The van der Waals surface area contributed by atoms with Gasteiger partial charge in [-0.1, -0.05) is 11.6 Å². The van der Waals surface area contributed by atoms with Crippen LogP contribution in [0.25, 0.3) is 0 Å². The van der Waals surface area contributed by atoms with E-state index in [1.165, 1.54) is 11.3 Å². The Morgan fingerprint density at radius 3 is 2.32 bits per heavy atom. The van der Waals surface area contributed by atoms with Crippen molar-refractivity contribution >= 4 is 40.4 Å². The second kappa shape index (κ2) is 6.50. The molecule has 1 aliphatic heterocycles. The molecular weight excluding hydrogens is 320 g/mol. The Balaban J connectivity index is 1.66. The first-order valence-corrected chi connectivity index (χ1v) is 8.29. The number of hydrogen-bond donors (Lipinski definition) is 1. The summed E-state index contributed by atoms with van der Waals surface area (Å²) in [4.78, 5) is 26.7. The van der Waals surface area contributed by atoms with Crippen LogP contribution >= 0.6 is 22.9 Å². The van der Waals surface area contributed by atoms with Gasteiger partial charge in [0, 0.05) is 24.3 Å². The predicted molar refractivity (Wildman–Crippen MR) is 88.9 cm³/mol. The summed E-state index contributed by atoms with van der Waals surface area (Å²) in [6, 6.07) is 10.4. The number of thiophene rings is 1. The largest absolute Gasteiger partial charge is 0.339 e. The maximum absolute atomic E-state index is 12.2. The number of carbonyl (C=O) groups excluding carboxylic acids is 2.